The number of rotatable bonds is 1. The van der Waals surface area contributed by atoms with E-state index in [1.54, 1.807) is 0 Å². The van der Waals surface area contributed by atoms with Gasteiger partial charge in [-0.2, -0.15) is 0 Å². The molecule has 13 heavy (non-hydrogen) atoms. The van der Waals surface area contributed by atoms with Gasteiger partial charge in [0.05, 0.1) is 0 Å². The van der Waals surface area contributed by atoms with Gasteiger partial charge >= 0.3 is 0 Å². The number of amides is 1. The fourth-order valence-corrected chi connectivity index (χ4v) is 1.52. The average molecular weight is 310 g/mol. The van der Waals surface area contributed by atoms with Crippen LogP contribution in [0.15, 0.2) is 9.21 Å². The second-order valence-corrected chi connectivity index (χ2v) is 3.72. The van der Waals surface area contributed by atoms with Gasteiger partial charge in [0.1, 0.15) is 9.21 Å². The van der Waals surface area contributed by atoms with Crippen molar-refractivity contribution in [2.45, 2.75) is 6.92 Å². The van der Waals surface area contributed by atoms with E-state index in [0.29, 0.717) is 15.0 Å². The third kappa shape index (κ3) is 2.63. The summed E-state index contributed by atoms with van der Waals surface area (Å²) < 4.78 is 0.872. The summed E-state index contributed by atoms with van der Waals surface area (Å²) in [6.45, 7) is 1.38. The van der Waals surface area contributed by atoms with Crippen LogP contribution < -0.4 is 11.1 Å². The number of hydrogen-bond acceptors (Lipinski definition) is 4. The number of hydrogen-bond donors (Lipinski definition) is 2. The summed E-state index contributed by atoms with van der Waals surface area (Å²) in [7, 11) is 0. The molecular weight excluding hydrogens is 304 g/mol. The van der Waals surface area contributed by atoms with Gasteiger partial charge in [0, 0.05) is 6.92 Å². The maximum absolute atomic E-state index is 10.7. The molecular formula is C6H6Br2N4O. The van der Waals surface area contributed by atoms with Crippen LogP contribution in [0.5, 0.6) is 0 Å². The Morgan fingerprint density at radius 3 is 2.54 bits per heavy atom. The standard InChI is InChI=1S/C6H6Br2N4O/c1-2(13)10-6-4(8)11-3(7)5(9)12-6/h1H3,(H3,9,10,12,13). The second-order valence-electron chi connectivity index (χ2n) is 2.22. The van der Waals surface area contributed by atoms with E-state index < -0.39 is 0 Å². The third-order valence-electron chi connectivity index (χ3n) is 1.13. The zero-order valence-electron chi connectivity index (χ0n) is 6.64. The molecule has 0 saturated carbocycles. The average Bonchev–Trinajstić information content (AvgIpc) is 1.99. The normalized spacial score (nSPS) is 9.77. The van der Waals surface area contributed by atoms with E-state index in [2.05, 4.69) is 47.1 Å². The van der Waals surface area contributed by atoms with Crippen molar-refractivity contribution in [3.63, 3.8) is 0 Å². The summed E-state index contributed by atoms with van der Waals surface area (Å²) in [4.78, 5) is 18.6. The molecule has 7 heteroatoms. The quantitative estimate of drug-likeness (QED) is 0.824. The van der Waals surface area contributed by atoms with Gasteiger partial charge < -0.3 is 11.1 Å². The minimum absolute atomic E-state index is 0.225. The Balaban J connectivity index is 3.08. The van der Waals surface area contributed by atoms with Crippen LogP contribution in [0, 0.1) is 0 Å². The van der Waals surface area contributed by atoms with Crippen molar-refractivity contribution in [2.24, 2.45) is 0 Å². The monoisotopic (exact) mass is 308 g/mol. The summed E-state index contributed by atoms with van der Waals surface area (Å²) in [6, 6.07) is 0. The van der Waals surface area contributed by atoms with Gasteiger partial charge in [0.15, 0.2) is 11.6 Å². The van der Waals surface area contributed by atoms with Gasteiger partial charge in [-0.1, -0.05) is 0 Å². The first-order chi connectivity index (χ1) is 6.00. The Labute approximate surface area is 91.4 Å². The van der Waals surface area contributed by atoms with Gasteiger partial charge in [-0.05, 0) is 31.9 Å². The molecule has 0 atom stereocenters. The predicted molar refractivity (Wildman–Crippen MR) is 56.1 cm³/mol. The molecule has 1 amide bonds. The van der Waals surface area contributed by atoms with Crippen LogP contribution >= 0.6 is 31.9 Å². The van der Waals surface area contributed by atoms with E-state index in [-0.39, 0.29) is 11.7 Å². The lowest BCUT2D eigenvalue weighted by Crippen LogP contribution is -2.10. The molecule has 5 nitrogen and oxygen atoms in total. The molecule has 1 aromatic rings. The summed E-state index contributed by atoms with van der Waals surface area (Å²) in [5, 5.41) is 2.48. The maximum atomic E-state index is 10.7. The number of carbonyl (C=O) groups excluding carboxylic acids is 1. The Bertz CT molecular complexity index is 355. The molecule has 0 radical (unpaired) electrons. The topological polar surface area (TPSA) is 80.9 Å². The van der Waals surface area contributed by atoms with Crippen molar-refractivity contribution in [1.29, 1.82) is 0 Å². The molecule has 1 aromatic heterocycles. The zero-order chi connectivity index (χ0) is 10.0. The number of nitrogens with one attached hydrogen (secondary N) is 1. The van der Waals surface area contributed by atoms with Gasteiger partial charge in [0.25, 0.3) is 0 Å². The molecule has 0 saturated heterocycles. The number of carbonyl (C=O) groups is 1. The highest BCUT2D eigenvalue weighted by Gasteiger charge is 2.08. The second kappa shape index (κ2) is 4.01. The van der Waals surface area contributed by atoms with Crippen LogP contribution in [0.2, 0.25) is 0 Å². The Morgan fingerprint density at radius 2 is 2.00 bits per heavy atom. The van der Waals surface area contributed by atoms with Crippen molar-refractivity contribution in [2.75, 3.05) is 11.1 Å². The van der Waals surface area contributed by atoms with Crippen LogP contribution in [0.1, 0.15) is 6.92 Å². The maximum Gasteiger partial charge on any atom is 0.222 e. The molecule has 0 aliphatic heterocycles. The minimum atomic E-state index is -0.225. The minimum Gasteiger partial charge on any atom is -0.381 e. The van der Waals surface area contributed by atoms with Gasteiger partial charge in [-0.3, -0.25) is 4.79 Å². The number of nitrogens with two attached hydrogens (primary N) is 1. The van der Waals surface area contributed by atoms with Crippen molar-refractivity contribution in [1.82, 2.24) is 9.97 Å². The van der Waals surface area contributed by atoms with Crippen molar-refractivity contribution >= 4 is 49.4 Å². The molecule has 0 aliphatic carbocycles. The SMILES string of the molecule is CC(=O)Nc1nc(N)c(Br)nc1Br. The molecule has 0 spiro atoms. The third-order valence-corrected chi connectivity index (χ3v) is 2.27. The molecule has 1 rings (SSSR count). The van der Waals surface area contributed by atoms with Crippen LogP contribution in [0.4, 0.5) is 11.6 Å². The Hall–Kier alpha value is -0.690. The molecule has 0 bridgehead atoms. The lowest BCUT2D eigenvalue weighted by molar-refractivity contribution is -0.114. The largest absolute Gasteiger partial charge is 0.381 e. The van der Waals surface area contributed by atoms with Gasteiger partial charge in [-0.15, -0.1) is 0 Å². The lowest BCUT2D eigenvalue weighted by atomic mass is 10.6. The summed E-state index contributed by atoms with van der Waals surface area (Å²) in [6.07, 6.45) is 0. The van der Waals surface area contributed by atoms with E-state index >= 15 is 0 Å². The molecule has 1 heterocycles. The molecule has 0 aromatic carbocycles. The van der Waals surface area contributed by atoms with E-state index in [1.807, 2.05) is 0 Å². The summed E-state index contributed by atoms with van der Waals surface area (Å²) >= 11 is 6.24. The van der Waals surface area contributed by atoms with Crippen LogP contribution in [0.25, 0.3) is 0 Å². The van der Waals surface area contributed by atoms with E-state index in [4.69, 9.17) is 5.73 Å². The van der Waals surface area contributed by atoms with Crippen LogP contribution in [-0.4, -0.2) is 15.9 Å². The molecule has 3 N–H and O–H groups in total. The fourth-order valence-electron chi connectivity index (χ4n) is 0.655. The molecule has 0 fully saturated rings. The highest BCUT2D eigenvalue weighted by Crippen LogP contribution is 2.23. The summed E-state index contributed by atoms with van der Waals surface area (Å²) in [5.41, 5.74) is 5.47. The van der Waals surface area contributed by atoms with Crippen LogP contribution in [0.3, 0.4) is 0 Å². The predicted octanol–water partition coefficient (Wildman–Crippen LogP) is 1.54. The highest BCUT2D eigenvalue weighted by molar-refractivity contribution is 9.11. The van der Waals surface area contributed by atoms with E-state index in [0.717, 1.165) is 0 Å². The smallest absolute Gasteiger partial charge is 0.222 e. The molecule has 0 unspecified atom stereocenters. The summed E-state index contributed by atoms with van der Waals surface area (Å²) in [5.74, 6) is 0.317. The number of nitrogens with zero attached hydrogens (tertiary/aromatic N) is 2. The molecule has 70 valence electrons. The van der Waals surface area contributed by atoms with E-state index in [1.165, 1.54) is 6.92 Å². The number of halogens is 2. The highest BCUT2D eigenvalue weighted by atomic mass is 79.9. The van der Waals surface area contributed by atoms with Crippen molar-refractivity contribution in [3.05, 3.63) is 9.21 Å². The Kier molecular flexibility index (Phi) is 3.21. The van der Waals surface area contributed by atoms with Gasteiger partial charge in [-0.25, -0.2) is 9.97 Å². The van der Waals surface area contributed by atoms with Crippen molar-refractivity contribution < 1.29 is 4.79 Å². The number of nitrogen functional groups attached to an aromatic ring is 1. The molecule has 0 aliphatic rings. The Morgan fingerprint density at radius 1 is 1.38 bits per heavy atom. The first kappa shape index (κ1) is 10.4. The first-order valence-corrected chi connectivity index (χ1v) is 4.85. The number of anilines is 2. The number of aromatic nitrogens is 2. The van der Waals surface area contributed by atoms with Gasteiger partial charge in [0.2, 0.25) is 5.91 Å². The first-order valence-electron chi connectivity index (χ1n) is 3.27. The van der Waals surface area contributed by atoms with Crippen molar-refractivity contribution in [3.8, 4) is 0 Å². The zero-order valence-corrected chi connectivity index (χ0v) is 9.81. The lowest BCUT2D eigenvalue weighted by Gasteiger charge is -2.04. The fraction of sp³-hybridized carbons (Fsp3) is 0.167. The van der Waals surface area contributed by atoms with Crippen LogP contribution in [-0.2, 0) is 4.79 Å². The van der Waals surface area contributed by atoms with E-state index in [9.17, 15) is 4.79 Å².